The molecule has 4 N–H and O–H groups in total. The maximum Gasteiger partial charge on any atom is 0.243 e. The van der Waals surface area contributed by atoms with Crippen LogP contribution in [-0.4, -0.2) is 96.6 Å². The predicted molar refractivity (Wildman–Crippen MR) is 371 cm³/mol. The Morgan fingerprint density at radius 3 is 1.21 bits per heavy atom. The number of anilines is 4. The van der Waals surface area contributed by atoms with Gasteiger partial charge in [-0.2, -0.15) is 0 Å². The van der Waals surface area contributed by atoms with Gasteiger partial charge in [0, 0.05) is 72.1 Å². The fourth-order valence-corrected chi connectivity index (χ4v) is 12.3. The number of nitrogens with zero attached hydrogens (tertiary/aromatic N) is 4. The van der Waals surface area contributed by atoms with Crippen molar-refractivity contribution in [3.8, 4) is 0 Å². The van der Waals surface area contributed by atoms with Gasteiger partial charge in [0.1, 0.15) is 39.6 Å². The van der Waals surface area contributed by atoms with Crippen LogP contribution in [0.4, 0.5) is 35.9 Å². The Kier molecular flexibility index (Phi) is 24.8. The van der Waals surface area contributed by atoms with Crippen LogP contribution in [0, 0.1) is 46.5 Å². The Balaban J connectivity index is 0.000000183. The normalized spacial score (nSPS) is 20.4. The van der Waals surface area contributed by atoms with Gasteiger partial charge < -0.3 is 40.9 Å². The molecule has 10 rings (SSSR count). The number of halogens is 3. The number of carbonyl (C=O) groups is 8. The van der Waals surface area contributed by atoms with Gasteiger partial charge >= 0.3 is 0 Å². The van der Waals surface area contributed by atoms with Crippen molar-refractivity contribution in [2.24, 2.45) is 22.2 Å². The molecule has 0 aromatic heterocycles. The van der Waals surface area contributed by atoms with Gasteiger partial charge in [0.15, 0.2) is 0 Å². The Bertz CT molecular complexity index is 3660. The fourth-order valence-electron chi connectivity index (χ4n) is 12.3. The second kappa shape index (κ2) is 32.1. The van der Waals surface area contributed by atoms with E-state index in [4.69, 9.17) is 0 Å². The molecule has 0 bridgehead atoms. The molecule has 6 aromatic rings. The summed E-state index contributed by atoms with van der Waals surface area (Å²) >= 11 is 0. The molecule has 0 spiro atoms. The van der Waals surface area contributed by atoms with E-state index in [1.807, 2.05) is 161 Å². The molecule has 16 nitrogen and oxygen atoms in total. The van der Waals surface area contributed by atoms with Gasteiger partial charge in [-0.1, -0.05) is 78.4 Å². The fraction of sp³-hybridized carbons (Fsp3) is 0.429. The Labute approximate surface area is 564 Å². The molecule has 0 aliphatic carbocycles. The summed E-state index contributed by atoms with van der Waals surface area (Å²) in [5.41, 5.74) is 1.53. The van der Waals surface area contributed by atoms with Gasteiger partial charge in [-0.05, 0) is 237 Å². The summed E-state index contributed by atoms with van der Waals surface area (Å²) in [4.78, 5) is 110. The highest BCUT2D eigenvalue weighted by Gasteiger charge is 2.53. The Hall–Kier alpha value is -9.13. The molecule has 96 heavy (non-hydrogen) atoms. The highest BCUT2D eigenvalue weighted by atomic mass is 19.1. The summed E-state index contributed by atoms with van der Waals surface area (Å²) in [5.74, 6) is -3.26. The Morgan fingerprint density at radius 1 is 0.458 bits per heavy atom. The van der Waals surface area contributed by atoms with E-state index in [2.05, 4.69) is 21.3 Å². The Morgan fingerprint density at radius 2 is 0.812 bits per heavy atom. The number of hydrogen-bond acceptors (Lipinski definition) is 8. The summed E-state index contributed by atoms with van der Waals surface area (Å²) in [6, 6.07) is 44.5. The van der Waals surface area contributed by atoms with Crippen molar-refractivity contribution in [3.63, 3.8) is 0 Å². The quantitative estimate of drug-likeness (QED) is 0.0773. The third-order valence-corrected chi connectivity index (χ3v) is 17.2. The van der Waals surface area contributed by atoms with Crippen LogP contribution in [0.15, 0.2) is 158 Å². The average Bonchev–Trinajstić information content (AvgIpc) is 0.934. The highest BCUT2D eigenvalue weighted by molar-refractivity contribution is 6.14. The largest absolute Gasteiger partial charge is 0.353 e. The van der Waals surface area contributed by atoms with Gasteiger partial charge in [0.25, 0.3) is 0 Å². The van der Waals surface area contributed by atoms with Gasteiger partial charge in [-0.15, -0.1) is 0 Å². The second-order valence-electron chi connectivity index (χ2n) is 28.3. The molecule has 8 amide bonds. The maximum absolute atomic E-state index is 13.6. The third kappa shape index (κ3) is 19.1. The minimum atomic E-state index is -1.18. The number of benzene rings is 6. The number of amides is 8. The molecule has 6 aromatic carbocycles. The number of rotatable bonds is 14. The molecular weight excluding hydrogens is 1220 g/mol. The monoisotopic (exact) mass is 1320 g/mol. The van der Waals surface area contributed by atoms with Crippen LogP contribution in [0.1, 0.15) is 138 Å². The molecule has 0 radical (unpaired) electrons. The minimum Gasteiger partial charge on any atom is -0.353 e. The summed E-state index contributed by atoms with van der Waals surface area (Å²) < 4.78 is 39.7. The lowest BCUT2D eigenvalue weighted by Crippen LogP contribution is -2.60. The van der Waals surface area contributed by atoms with Gasteiger partial charge in [-0.25, -0.2) is 13.2 Å². The number of piperidine rings is 3. The van der Waals surface area contributed by atoms with Gasteiger partial charge in [-0.3, -0.25) is 38.4 Å². The van der Waals surface area contributed by atoms with Crippen molar-refractivity contribution in [2.45, 2.75) is 164 Å². The van der Waals surface area contributed by atoms with Crippen molar-refractivity contribution in [1.82, 2.24) is 21.3 Å². The molecule has 4 aliphatic rings. The van der Waals surface area contributed by atoms with E-state index in [0.717, 1.165) is 28.8 Å². The summed E-state index contributed by atoms with van der Waals surface area (Å²) in [5, 5.41) is 11.7. The average molecular weight is 1320 g/mol. The standard InChI is InChI=1S/C23H27FN2O2.C22H25FN2O2.C17H23FN2O2.C15H20N2O2/c1-22(2,3)25-20(27)23(16-17-8-5-4-6-9-17)14-7-15-26(21(23)28)19-12-10-18(24)11-13-19;1-16(2)24-20(26)22(15-17-7-4-3-5-8-17)13-6-14-25(21(22)27)19-11-9-18(23)10-12-19;1-16(2,3)19-14(21)17(4)10-5-11-20(15(17)22)13-8-6-12(18)7-9-13;1-10(2)16-14(18)13-8-9-17(15(13)19)12-6-4-11(3)5-7-12/h4-6,8-13H,7,14-16H2,1-3H3,(H,25,27);3-5,7-12,16H,6,13-15H2,1-2H3,(H,24,26);6-9H,5,10-11H2,1-4H3,(H,19,21);4-7,10,13H,8-9H2,1-3H3,(H,16,18)/t23-;22-;17-;/m100./s1. The molecule has 512 valence electrons. The first kappa shape index (κ1) is 74.3. The molecule has 4 fully saturated rings. The highest BCUT2D eigenvalue weighted by Crippen LogP contribution is 2.41. The maximum atomic E-state index is 13.6. The van der Waals surface area contributed by atoms with Gasteiger partial charge in [0.05, 0.1) is 0 Å². The number of hydrogen-bond donors (Lipinski definition) is 4. The summed E-state index contributed by atoms with van der Waals surface area (Å²) in [6.07, 6.45) is 4.93. The summed E-state index contributed by atoms with van der Waals surface area (Å²) in [6.45, 7) is 24.9. The first-order valence-electron chi connectivity index (χ1n) is 33.2. The zero-order valence-corrected chi connectivity index (χ0v) is 57.6. The van der Waals surface area contributed by atoms with E-state index in [9.17, 15) is 51.5 Å². The van der Waals surface area contributed by atoms with Crippen molar-refractivity contribution in [3.05, 3.63) is 192 Å². The lowest BCUT2D eigenvalue weighted by molar-refractivity contribution is -0.146. The van der Waals surface area contributed by atoms with E-state index in [-0.39, 0.29) is 76.8 Å². The topological polar surface area (TPSA) is 198 Å². The van der Waals surface area contributed by atoms with Crippen LogP contribution in [-0.2, 0) is 51.2 Å². The minimum absolute atomic E-state index is 0.0563. The molecule has 4 aliphatic heterocycles. The van der Waals surface area contributed by atoms with Crippen LogP contribution < -0.4 is 40.9 Å². The van der Waals surface area contributed by atoms with E-state index in [0.29, 0.717) is 94.6 Å². The van der Waals surface area contributed by atoms with E-state index >= 15 is 0 Å². The van der Waals surface area contributed by atoms with Crippen molar-refractivity contribution < 1.29 is 51.5 Å². The van der Waals surface area contributed by atoms with Crippen LogP contribution in [0.2, 0.25) is 0 Å². The molecule has 19 heteroatoms. The van der Waals surface area contributed by atoms with E-state index in [1.54, 1.807) is 62.9 Å². The molecule has 4 saturated heterocycles. The van der Waals surface area contributed by atoms with Gasteiger partial charge in [0.2, 0.25) is 47.3 Å². The molecule has 4 heterocycles. The molecule has 4 atom stereocenters. The van der Waals surface area contributed by atoms with Crippen molar-refractivity contribution in [1.29, 1.82) is 0 Å². The number of carbonyl (C=O) groups excluding carboxylic acids is 8. The smallest absolute Gasteiger partial charge is 0.243 e. The molecular formula is C77H95F3N8O8. The van der Waals surface area contributed by atoms with Crippen molar-refractivity contribution in [2.75, 3.05) is 45.8 Å². The first-order chi connectivity index (χ1) is 45.3. The van der Waals surface area contributed by atoms with Crippen LogP contribution in [0.25, 0.3) is 0 Å². The lowest BCUT2D eigenvalue weighted by atomic mass is 9.73. The number of nitrogens with one attached hydrogen (secondary N) is 4. The zero-order chi connectivity index (χ0) is 70.3. The van der Waals surface area contributed by atoms with Crippen LogP contribution in [0.5, 0.6) is 0 Å². The molecule has 1 unspecified atom stereocenters. The zero-order valence-electron chi connectivity index (χ0n) is 57.6. The predicted octanol–water partition coefficient (Wildman–Crippen LogP) is 12.5. The van der Waals surface area contributed by atoms with E-state index in [1.165, 1.54) is 36.4 Å². The lowest BCUT2D eigenvalue weighted by Gasteiger charge is -2.42. The van der Waals surface area contributed by atoms with E-state index < -0.39 is 33.2 Å². The van der Waals surface area contributed by atoms with Crippen LogP contribution in [0.3, 0.4) is 0 Å². The second-order valence-corrected chi connectivity index (χ2v) is 28.3. The van der Waals surface area contributed by atoms with Crippen molar-refractivity contribution >= 4 is 70.0 Å². The third-order valence-electron chi connectivity index (χ3n) is 17.2. The summed E-state index contributed by atoms with van der Waals surface area (Å²) in [7, 11) is 0. The van der Waals surface area contributed by atoms with Crippen LogP contribution >= 0.6 is 0 Å². The molecule has 0 saturated carbocycles. The first-order valence-corrected chi connectivity index (χ1v) is 33.2. The SMILES string of the molecule is CC(C)(C)NC(=O)[C@]1(C)CCCN(c2ccc(F)cc2)C1=O.CC(C)(C)NC(=O)[C@]1(Cc2ccccc2)CCCN(c2ccc(F)cc2)C1=O.CC(C)NC(=O)[C@@]1(Cc2ccccc2)CCCN(c2ccc(F)cc2)C1=O.Cc1ccc(N2CCC(C(=O)NC(C)C)C2=O)cc1. The number of aryl methyl sites for hydroxylation is 1.